The summed E-state index contributed by atoms with van der Waals surface area (Å²) in [6, 6.07) is 4.94. The number of Topliss-reactive ketones (excluding diaryl/α,β-unsaturated/α-hetero) is 1. The molecule has 0 saturated heterocycles. The molecule has 0 aliphatic carbocycles. The molecule has 5 heteroatoms. The Morgan fingerprint density at radius 2 is 1.84 bits per heavy atom. The summed E-state index contributed by atoms with van der Waals surface area (Å²) in [7, 11) is 2.86. The maximum Gasteiger partial charge on any atom is 0.305 e. The summed E-state index contributed by atoms with van der Waals surface area (Å²) >= 11 is 5.89. The third kappa shape index (κ3) is 4.91. The lowest BCUT2D eigenvalue weighted by Crippen LogP contribution is -2.02. The number of methoxy groups -OCH3 is 2. The molecule has 1 aromatic carbocycles. The third-order valence-corrected chi connectivity index (χ3v) is 3.05. The zero-order chi connectivity index (χ0) is 14.3. The van der Waals surface area contributed by atoms with Crippen molar-refractivity contribution >= 4 is 23.4 Å². The van der Waals surface area contributed by atoms with Gasteiger partial charge in [0.25, 0.3) is 0 Å². The molecule has 0 unspecified atom stereocenters. The molecule has 0 heterocycles. The summed E-state index contributed by atoms with van der Waals surface area (Å²) in [5, 5.41) is 0.477. The van der Waals surface area contributed by atoms with Gasteiger partial charge in [-0.3, -0.25) is 9.59 Å². The first-order chi connectivity index (χ1) is 9.08. The zero-order valence-corrected chi connectivity index (χ0v) is 11.8. The molecular formula is C14H17ClO4. The van der Waals surface area contributed by atoms with Crippen LogP contribution in [0.3, 0.4) is 0 Å². The molecule has 4 nitrogen and oxygen atoms in total. The number of rotatable bonds is 7. The highest BCUT2D eigenvalue weighted by Gasteiger charge is 2.09. The second-order valence-electron chi connectivity index (χ2n) is 4.06. The van der Waals surface area contributed by atoms with Crippen molar-refractivity contribution in [1.82, 2.24) is 0 Å². The van der Waals surface area contributed by atoms with Gasteiger partial charge in [0.05, 0.1) is 19.2 Å². The molecule has 0 bridgehead atoms. The van der Waals surface area contributed by atoms with Gasteiger partial charge in [-0.25, -0.2) is 0 Å². The van der Waals surface area contributed by atoms with E-state index in [1.54, 1.807) is 18.2 Å². The van der Waals surface area contributed by atoms with Crippen LogP contribution in [-0.2, 0) is 9.53 Å². The van der Waals surface area contributed by atoms with Gasteiger partial charge in [-0.15, -0.1) is 0 Å². The fourth-order valence-electron chi connectivity index (χ4n) is 1.63. The molecular weight excluding hydrogens is 268 g/mol. The van der Waals surface area contributed by atoms with Gasteiger partial charge >= 0.3 is 5.97 Å². The van der Waals surface area contributed by atoms with E-state index in [0.29, 0.717) is 42.0 Å². The van der Waals surface area contributed by atoms with Gasteiger partial charge in [0.15, 0.2) is 5.78 Å². The van der Waals surface area contributed by atoms with Crippen molar-refractivity contribution in [2.75, 3.05) is 14.2 Å². The summed E-state index contributed by atoms with van der Waals surface area (Å²) in [6.07, 6.45) is 2.03. The molecule has 1 rings (SSSR count). The Kier molecular flexibility index (Phi) is 6.36. The normalized spacial score (nSPS) is 10.1. The minimum Gasteiger partial charge on any atom is -0.495 e. The van der Waals surface area contributed by atoms with Crippen LogP contribution in [0.4, 0.5) is 0 Å². The number of benzene rings is 1. The minimum atomic E-state index is -0.249. The molecule has 0 amide bonds. The number of esters is 1. The molecule has 0 radical (unpaired) electrons. The molecule has 0 fully saturated rings. The van der Waals surface area contributed by atoms with Crippen LogP contribution < -0.4 is 4.74 Å². The SMILES string of the molecule is COC(=O)CCCCC(=O)c1ccc(Cl)c(OC)c1. The summed E-state index contributed by atoms with van der Waals surface area (Å²) in [5.74, 6) is 0.252. The first-order valence-corrected chi connectivity index (χ1v) is 6.40. The number of hydrogen-bond donors (Lipinski definition) is 0. The lowest BCUT2D eigenvalue weighted by atomic mass is 10.0. The lowest BCUT2D eigenvalue weighted by Gasteiger charge is -2.06. The second-order valence-corrected chi connectivity index (χ2v) is 4.46. The maximum absolute atomic E-state index is 11.9. The van der Waals surface area contributed by atoms with Crippen LogP contribution in [0.15, 0.2) is 18.2 Å². The van der Waals surface area contributed by atoms with Gasteiger partial charge in [-0.1, -0.05) is 11.6 Å². The highest BCUT2D eigenvalue weighted by molar-refractivity contribution is 6.32. The van der Waals surface area contributed by atoms with E-state index < -0.39 is 0 Å². The van der Waals surface area contributed by atoms with Crippen molar-refractivity contribution in [3.05, 3.63) is 28.8 Å². The molecule has 104 valence electrons. The Bertz CT molecular complexity index is 457. The predicted molar refractivity (Wildman–Crippen MR) is 72.8 cm³/mol. The van der Waals surface area contributed by atoms with Crippen LogP contribution in [0.5, 0.6) is 5.75 Å². The van der Waals surface area contributed by atoms with Gasteiger partial charge in [0, 0.05) is 18.4 Å². The van der Waals surface area contributed by atoms with Crippen LogP contribution >= 0.6 is 11.6 Å². The first kappa shape index (κ1) is 15.5. The van der Waals surface area contributed by atoms with E-state index in [1.807, 2.05) is 0 Å². The van der Waals surface area contributed by atoms with Gasteiger partial charge in [-0.05, 0) is 31.0 Å². The van der Waals surface area contributed by atoms with E-state index in [9.17, 15) is 9.59 Å². The Balaban J connectivity index is 2.47. The molecule has 0 N–H and O–H groups in total. The molecule has 0 aliphatic rings. The van der Waals surface area contributed by atoms with Gasteiger partial charge in [0.2, 0.25) is 0 Å². The number of ketones is 1. The fourth-order valence-corrected chi connectivity index (χ4v) is 1.83. The number of unbranched alkanes of at least 4 members (excludes halogenated alkanes) is 1. The largest absolute Gasteiger partial charge is 0.495 e. The monoisotopic (exact) mass is 284 g/mol. The van der Waals surface area contributed by atoms with E-state index in [1.165, 1.54) is 14.2 Å². The summed E-state index contributed by atoms with van der Waals surface area (Å²) in [4.78, 5) is 22.8. The van der Waals surface area contributed by atoms with Crippen LogP contribution in [0, 0.1) is 0 Å². The average molecular weight is 285 g/mol. The van der Waals surface area contributed by atoms with Crippen molar-refractivity contribution < 1.29 is 19.1 Å². The van der Waals surface area contributed by atoms with Crippen LogP contribution in [0.25, 0.3) is 0 Å². The molecule has 0 spiro atoms. The van der Waals surface area contributed by atoms with E-state index in [-0.39, 0.29) is 11.8 Å². The van der Waals surface area contributed by atoms with Gasteiger partial charge in [-0.2, -0.15) is 0 Å². The highest BCUT2D eigenvalue weighted by atomic mass is 35.5. The standard InChI is InChI=1S/C14H17ClO4/c1-18-13-9-10(7-8-11(13)15)12(16)5-3-4-6-14(17)19-2/h7-9H,3-6H2,1-2H3. The third-order valence-electron chi connectivity index (χ3n) is 2.74. The van der Waals surface area contributed by atoms with Crippen molar-refractivity contribution in [2.45, 2.75) is 25.7 Å². The zero-order valence-electron chi connectivity index (χ0n) is 11.1. The number of carbonyl (C=O) groups excluding carboxylic acids is 2. The van der Waals surface area contributed by atoms with E-state index in [0.717, 1.165) is 0 Å². The topological polar surface area (TPSA) is 52.6 Å². The number of hydrogen-bond acceptors (Lipinski definition) is 4. The molecule has 1 aromatic rings. The van der Waals surface area contributed by atoms with Crippen molar-refractivity contribution in [1.29, 1.82) is 0 Å². The quantitative estimate of drug-likeness (QED) is 0.438. The van der Waals surface area contributed by atoms with Crippen molar-refractivity contribution in [3.63, 3.8) is 0 Å². The predicted octanol–water partition coefficient (Wildman–Crippen LogP) is 3.26. The molecule has 19 heavy (non-hydrogen) atoms. The number of ether oxygens (including phenoxy) is 2. The van der Waals surface area contributed by atoms with Gasteiger partial charge < -0.3 is 9.47 Å². The Hall–Kier alpha value is -1.55. The molecule has 0 atom stereocenters. The highest BCUT2D eigenvalue weighted by Crippen LogP contribution is 2.25. The van der Waals surface area contributed by atoms with E-state index in [2.05, 4.69) is 4.74 Å². The minimum absolute atomic E-state index is 0.0137. The van der Waals surface area contributed by atoms with Crippen LogP contribution in [-0.4, -0.2) is 26.0 Å². The number of carbonyl (C=O) groups is 2. The summed E-state index contributed by atoms with van der Waals surface area (Å²) in [6.45, 7) is 0. The maximum atomic E-state index is 11.9. The Morgan fingerprint density at radius 1 is 1.16 bits per heavy atom. The fraction of sp³-hybridized carbons (Fsp3) is 0.429. The van der Waals surface area contributed by atoms with Crippen molar-refractivity contribution in [3.8, 4) is 5.75 Å². The van der Waals surface area contributed by atoms with Crippen LogP contribution in [0.1, 0.15) is 36.0 Å². The molecule has 0 aliphatic heterocycles. The smallest absolute Gasteiger partial charge is 0.305 e. The second kappa shape index (κ2) is 7.79. The summed E-state index contributed by atoms with van der Waals surface area (Å²) in [5.41, 5.74) is 0.569. The average Bonchev–Trinajstić information content (AvgIpc) is 2.43. The molecule has 0 aromatic heterocycles. The number of halogens is 1. The Labute approximate surface area is 117 Å². The summed E-state index contributed by atoms with van der Waals surface area (Å²) < 4.78 is 9.59. The van der Waals surface area contributed by atoms with Crippen LogP contribution in [0.2, 0.25) is 5.02 Å². The van der Waals surface area contributed by atoms with Gasteiger partial charge in [0.1, 0.15) is 5.75 Å². The molecule has 0 saturated carbocycles. The van der Waals surface area contributed by atoms with E-state index in [4.69, 9.17) is 16.3 Å². The first-order valence-electron chi connectivity index (χ1n) is 6.02. The van der Waals surface area contributed by atoms with E-state index >= 15 is 0 Å². The lowest BCUT2D eigenvalue weighted by molar-refractivity contribution is -0.140. The Morgan fingerprint density at radius 3 is 2.47 bits per heavy atom. The van der Waals surface area contributed by atoms with Crippen molar-refractivity contribution in [2.24, 2.45) is 0 Å².